The van der Waals surface area contributed by atoms with Gasteiger partial charge in [-0.15, -0.1) is 0 Å². The predicted octanol–water partition coefficient (Wildman–Crippen LogP) is 3.94. The Labute approximate surface area is 181 Å². The number of ether oxygens (including phenoxy) is 2. The summed E-state index contributed by atoms with van der Waals surface area (Å²) in [5, 5.41) is 6.09. The molecule has 0 radical (unpaired) electrons. The van der Waals surface area contributed by atoms with E-state index in [2.05, 4.69) is 10.6 Å². The molecule has 0 bridgehead atoms. The first-order chi connectivity index (χ1) is 14.7. The zero-order valence-corrected chi connectivity index (χ0v) is 18.0. The average Bonchev–Trinajstić information content (AvgIpc) is 3.19. The molecule has 1 saturated carbocycles. The molecule has 1 heterocycles. The molecule has 5 rings (SSSR count). The van der Waals surface area contributed by atoms with E-state index in [0.29, 0.717) is 12.2 Å². The Kier molecular flexibility index (Phi) is 4.36. The first-order valence-corrected chi connectivity index (χ1v) is 10.6. The molecule has 31 heavy (non-hydrogen) atoms. The second-order valence-corrected chi connectivity index (χ2v) is 9.57. The van der Waals surface area contributed by atoms with E-state index in [9.17, 15) is 9.59 Å². The number of rotatable bonds is 4. The van der Waals surface area contributed by atoms with E-state index in [4.69, 9.17) is 9.47 Å². The normalized spacial score (nSPS) is 17.6. The van der Waals surface area contributed by atoms with Crippen molar-refractivity contribution in [2.45, 2.75) is 51.0 Å². The first-order valence-electron chi connectivity index (χ1n) is 10.6. The zero-order chi connectivity index (χ0) is 21.8. The number of amides is 2. The lowest BCUT2D eigenvalue weighted by atomic mass is 9.94. The van der Waals surface area contributed by atoms with Gasteiger partial charge in [0.2, 0.25) is 18.6 Å². The number of hydrogen-bond acceptors (Lipinski definition) is 4. The standard InChI is InChI=1S/C25H26N2O4/c1-24(2,3)27-22(28)17-10-15-4-6-19(12-16(15)11-17)26-23(29)25(8-9-25)18-5-7-20-21(13-18)31-14-30-20/h4-7,11-13H,8-10,14H2,1-3H3,(H,26,29)(H,27,28). The molecule has 0 atom stereocenters. The molecule has 2 aromatic carbocycles. The SMILES string of the molecule is CC(C)(C)NC(=O)C1=Cc2cc(NC(=O)C3(c4ccc5c(c4)OCO5)CC3)ccc2C1. The Hall–Kier alpha value is -3.28. The van der Waals surface area contributed by atoms with Crippen LogP contribution in [0.5, 0.6) is 11.5 Å². The molecule has 0 aromatic heterocycles. The van der Waals surface area contributed by atoms with Crippen LogP contribution in [0.15, 0.2) is 42.0 Å². The van der Waals surface area contributed by atoms with Gasteiger partial charge in [0.25, 0.3) is 0 Å². The fourth-order valence-corrected chi connectivity index (χ4v) is 4.20. The maximum absolute atomic E-state index is 13.2. The smallest absolute Gasteiger partial charge is 0.247 e. The lowest BCUT2D eigenvalue weighted by Gasteiger charge is -2.20. The molecule has 160 valence electrons. The Morgan fingerprint density at radius 2 is 1.77 bits per heavy atom. The van der Waals surface area contributed by atoms with E-state index in [0.717, 1.165) is 46.5 Å². The number of nitrogens with one attached hydrogen (secondary N) is 2. The summed E-state index contributed by atoms with van der Waals surface area (Å²) in [6, 6.07) is 11.6. The summed E-state index contributed by atoms with van der Waals surface area (Å²) in [6.07, 6.45) is 4.13. The number of benzene rings is 2. The van der Waals surface area contributed by atoms with E-state index in [-0.39, 0.29) is 24.1 Å². The monoisotopic (exact) mass is 418 g/mol. The van der Waals surface area contributed by atoms with Crippen LogP contribution >= 0.6 is 0 Å². The van der Waals surface area contributed by atoms with Crippen molar-refractivity contribution in [3.05, 3.63) is 58.7 Å². The second kappa shape index (κ2) is 6.87. The fourth-order valence-electron chi connectivity index (χ4n) is 4.20. The molecular weight excluding hydrogens is 392 g/mol. The van der Waals surface area contributed by atoms with Gasteiger partial charge in [-0.05, 0) is 80.6 Å². The third-order valence-electron chi connectivity index (χ3n) is 6.00. The minimum Gasteiger partial charge on any atom is -0.454 e. The summed E-state index contributed by atoms with van der Waals surface area (Å²) in [4.78, 5) is 25.7. The van der Waals surface area contributed by atoms with Crippen LogP contribution < -0.4 is 20.1 Å². The molecule has 2 aliphatic carbocycles. The highest BCUT2D eigenvalue weighted by molar-refractivity contribution is 6.03. The maximum Gasteiger partial charge on any atom is 0.247 e. The summed E-state index contributed by atoms with van der Waals surface area (Å²) < 4.78 is 10.9. The van der Waals surface area contributed by atoms with E-state index < -0.39 is 5.41 Å². The van der Waals surface area contributed by atoms with Gasteiger partial charge in [-0.1, -0.05) is 12.1 Å². The highest BCUT2D eigenvalue weighted by atomic mass is 16.7. The van der Waals surface area contributed by atoms with Gasteiger partial charge in [-0.2, -0.15) is 0 Å². The molecule has 2 N–H and O–H groups in total. The molecular formula is C25H26N2O4. The summed E-state index contributed by atoms with van der Waals surface area (Å²) in [5.74, 6) is 1.35. The quantitative estimate of drug-likeness (QED) is 0.789. The number of fused-ring (bicyclic) bond motifs is 2. The summed E-state index contributed by atoms with van der Waals surface area (Å²) in [7, 11) is 0. The van der Waals surface area contributed by atoms with Crippen molar-refractivity contribution in [2.24, 2.45) is 0 Å². The van der Waals surface area contributed by atoms with Crippen molar-refractivity contribution in [3.8, 4) is 11.5 Å². The highest BCUT2D eigenvalue weighted by Gasteiger charge is 2.51. The van der Waals surface area contributed by atoms with Gasteiger partial charge in [0.1, 0.15) is 0 Å². The number of hydrogen-bond donors (Lipinski definition) is 2. The molecule has 1 aliphatic heterocycles. The first kappa shape index (κ1) is 19.7. The van der Waals surface area contributed by atoms with Gasteiger partial charge in [0.05, 0.1) is 5.41 Å². The maximum atomic E-state index is 13.2. The van der Waals surface area contributed by atoms with Gasteiger partial charge in [-0.25, -0.2) is 0 Å². The van der Waals surface area contributed by atoms with Gasteiger partial charge >= 0.3 is 0 Å². The summed E-state index contributed by atoms with van der Waals surface area (Å²) >= 11 is 0. The zero-order valence-electron chi connectivity index (χ0n) is 18.0. The third kappa shape index (κ3) is 3.67. The van der Waals surface area contributed by atoms with Crippen LogP contribution in [0.2, 0.25) is 0 Å². The van der Waals surface area contributed by atoms with E-state index in [1.165, 1.54) is 0 Å². The van der Waals surface area contributed by atoms with Crippen LogP contribution in [0.4, 0.5) is 5.69 Å². The van der Waals surface area contributed by atoms with E-state index in [1.807, 2.05) is 63.2 Å². The molecule has 1 fully saturated rings. The molecule has 6 nitrogen and oxygen atoms in total. The average molecular weight is 418 g/mol. The molecule has 0 spiro atoms. The Bertz CT molecular complexity index is 1120. The highest BCUT2D eigenvalue weighted by Crippen LogP contribution is 2.51. The van der Waals surface area contributed by atoms with Gasteiger partial charge in [-0.3, -0.25) is 9.59 Å². The van der Waals surface area contributed by atoms with Crippen LogP contribution in [0.25, 0.3) is 6.08 Å². The van der Waals surface area contributed by atoms with Crippen LogP contribution in [-0.2, 0) is 21.4 Å². The van der Waals surface area contributed by atoms with Crippen molar-refractivity contribution >= 4 is 23.6 Å². The van der Waals surface area contributed by atoms with Crippen molar-refractivity contribution in [2.75, 3.05) is 12.1 Å². The van der Waals surface area contributed by atoms with Crippen LogP contribution in [0, 0.1) is 0 Å². The minimum atomic E-state index is -0.520. The Morgan fingerprint density at radius 3 is 2.52 bits per heavy atom. The topological polar surface area (TPSA) is 76.7 Å². The summed E-state index contributed by atoms with van der Waals surface area (Å²) in [5.41, 5.74) is 3.71. The van der Waals surface area contributed by atoms with Gasteiger partial charge in [0, 0.05) is 23.2 Å². The van der Waals surface area contributed by atoms with Gasteiger partial charge < -0.3 is 20.1 Å². The summed E-state index contributed by atoms with van der Waals surface area (Å²) in [6.45, 7) is 6.12. The Morgan fingerprint density at radius 1 is 1.00 bits per heavy atom. The van der Waals surface area contributed by atoms with Crippen molar-refractivity contribution in [1.29, 1.82) is 0 Å². The molecule has 2 aromatic rings. The molecule has 0 saturated heterocycles. The number of carbonyl (C=O) groups is 2. The largest absolute Gasteiger partial charge is 0.454 e. The third-order valence-corrected chi connectivity index (χ3v) is 6.00. The van der Waals surface area contributed by atoms with Crippen molar-refractivity contribution in [1.82, 2.24) is 5.32 Å². The van der Waals surface area contributed by atoms with Gasteiger partial charge in [0.15, 0.2) is 11.5 Å². The Balaban J connectivity index is 1.32. The van der Waals surface area contributed by atoms with E-state index >= 15 is 0 Å². The number of carbonyl (C=O) groups excluding carboxylic acids is 2. The van der Waals surface area contributed by atoms with Crippen LogP contribution in [-0.4, -0.2) is 24.1 Å². The molecule has 6 heteroatoms. The lowest BCUT2D eigenvalue weighted by molar-refractivity contribution is -0.119. The molecule has 2 amide bonds. The lowest BCUT2D eigenvalue weighted by Crippen LogP contribution is -2.41. The fraction of sp³-hybridized carbons (Fsp3) is 0.360. The van der Waals surface area contributed by atoms with E-state index in [1.54, 1.807) is 0 Å². The van der Waals surface area contributed by atoms with Crippen LogP contribution in [0.1, 0.15) is 50.3 Å². The number of anilines is 1. The molecule has 3 aliphatic rings. The second-order valence-electron chi connectivity index (χ2n) is 9.57. The minimum absolute atomic E-state index is 0.0148. The molecule has 0 unspecified atom stereocenters. The van der Waals surface area contributed by atoms with Crippen molar-refractivity contribution < 1.29 is 19.1 Å². The predicted molar refractivity (Wildman–Crippen MR) is 118 cm³/mol. The van der Waals surface area contributed by atoms with Crippen LogP contribution in [0.3, 0.4) is 0 Å². The van der Waals surface area contributed by atoms with Crippen molar-refractivity contribution in [3.63, 3.8) is 0 Å².